The van der Waals surface area contributed by atoms with Gasteiger partial charge < -0.3 is 9.79 Å². The van der Waals surface area contributed by atoms with Gasteiger partial charge in [0.1, 0.15) is 0 Å². The van der Waals surface area contributed by atoms with E-state index in [4.69, 9.17) is 14.5 Å². The summed E-state index contributed by atoms with van der Waals surface area (Å²) < 4.78 is 19.7. The molecular weight excluding hydrogens is 242 g/mol. The van der Waals surface area contributed by atoms with Crippen molar-refractivity contribution in [3.8, 4) is 5.75 Å². The summed E-state index contributed by atoms with van der Waals surface area (Å²) in [5.41, 5.74) is 0. The summed E-state index contributed by atoms with van der Waals surface area (Å²) in [7, 11) is -4.17. The molecule has 5 nitrogen and oxygen atoms in total. The van der Waals surface area contributed by atoms with Gasteiger partial charge >= 0.3 is 80.4 Å². The third-order valence-corrected chi connectivity index (χ3v) is 2.23. The van der Waals surface area contributed by atoms with Crippen LogP contribution in [0.2, 0.25) is 0 Å². The van der Waals surface area contributed by atoms with Crippen molar-refractivity contribution in [2.45, 2.75) is 6.92 Å². The van der Waals surface area contributed by atoms with E-state index in [2.05, 4.69) is 4.52 Å². The van der Waals surface area contributed by atoms with E-state index in [-0.39, 0.29) is 6.61 Å². The third kappa shape index (κ3) is 10.6. The molecule has 0 aliphatic rings. The Morgan fingerprint density at radius 1 is 1.31 bits per heavy atom. The molecular formula is C9H14NaO5P. The van der Waals surface area contributed by atoms with Gasteiger partial charge in [0.05, 0.1) is 6.61 Å². The number of hydrogen-bond acceptors (Lipinski definition) is 3. The van der Waals surface area contributed by atoms with Crippen molar-refractivity contribution in [2.75, 3.05) is 10.5 Å². The fourth-order valence-corrected chi connectivity index (χ4v) is 1.52. The van der Waals surface area contributed by atoms with Crippen molar-refractivity contribution >= 4 is 35.8 Å². The molecule has 1 aromatic rings. The minimum atomic E-state index is -4.17. The maximum absolute atomic E-state index is 9.70. The first kappa shape index (κ1) is 16.1. The van der Waals surface area contributed by atoms with Gasteiger partial charge in [-0.3, -0.25) is 4.52 Å². The minimum absolute atomic E-state index is 0.0459. The molecule has 0 aliphatic carbocycles. The number of rotatable bonds is 4. The van der Waals surface area contributed by atoms with E-state index in [1.54, 1.807) is 0 Å². The first-order valence-corrected chi connectivity index (χ1v) is 7.82. The van der Waals surface area contributed by atoms with E-state index < -0.39 is 7.82 Å². The van der Waals surface area contributed by atoms with Crippen molar-refractivity contribution in [3.63, 3.8) is 0 Å². The van der Waals surface area contributed by atoms with Crippen LogP contribution in [-0.2, 0) is 9.09 Å². The van der Waals surface area contributed by atoms with Crippen molar-refractivity contribution in [1.29, 1.82) is 0 Å². The van der Waals surface area contributed by atoms with Gasteiger partial charge in [0, 0.05) is 0 Å². The van der Waals surface area contributed by atoms with Crippen LogP contribution in [0.25, 0.3) is 0 Å². The van der Waals surface area contributed by atoms with E-state index in [9.17, 15) is 4.57 Å². The Kier molecular flexibility index (Phi) is 9.26. The Hall–Kier alpha value is 0.130. The van der Waals surface area contributed by atoms with Gasteiger partial charge in [0.2, 0.25) is 0 Å². The number of benzene rings is 1. The van der Waals surface area contributed by atoms with Gasteiger partial charge in [-0.1, -0.05) is 0 Å². The molecule has 1 rings (SSSR count). The van der Waals surface area contributed by atoms with Crippen molar-refractivity contribution in [2.24, 2.45) is 0 Å². The summed E-state index contributed by atoms with van der Waals surface area (Å²) in [5.74, 6) is 0.979. The molecule has 0 fully saturated rings. The van der Waals surface area contributed by atoms with Gasteiger partial charge in [-0.05, 0) is 6.92 Å². The second kappa shape index (κ2) is 9.19. The maximum atomic E-state index is 9.70. The Labute approximate surface area is 112 Å². The van der Waals surface area contributed by atoms with Crippen LogP contribution in [0.15, 0.2) is 30.3 Å². The Bertz CT molecular complexity index is 313. The Morgan fingerprint density at radius 3 is 2.19 bits per heavy atom. The van der Waals surface area contributed by atoms with Crippen LogP contribution in [0.3, 0.4) is 0 Å². The normalized spacial score (nSPS) is 10.3. The molecule has 0 saturated heterocycles. The molecule has 0 radical (unpaired) electrons. The zero-order valence-electron chi connectivity index (χ0n) is 9.37. The van der Waals surface area contributed by atoms with Gasteiger partial charge in [-0.25, -0.2) is 4.57 Å². The van der Waals surface area contributed by atoms with E-state index in [0.29, 0.717) is 0 Å². The molecule has 0 saturated carbocycles. The van der Waals surface area contributed by atoms with Crippen LogP contribution in [0, 0.1) is 0 Å². The number of hydrogen-bond donors (Lipinski definition) is 2. The first-order chi connectivity index (χ1) is 7.49. The van der Waals surface area contributed by atoms with Crippen LogP contribution in [0.4, 0.5) is 0 Å². The summed E-state index contributed by atoms with van der Waals surface area (Å²) in [6.07, 6.45) is 0. The summed E-state index contributed by atoms with van der Waals surface area (Å²) in [6.45, 7) is 1.56. The Morgan fingerprint density at radius 2 is 1.88 bits per heavy atom. The quantitative estimate of drug-likeness (QED) is 0.627. The molecule has 0 heterocycles. The topological polar surface area (TPSA) is 76.0 Å². The molecule has 16 heavy (non-hydrogen) atoms. The average Bonchev–Trinajstić information content (AvgIpc) is 2.19. The number of phosphoric acid groups is 1. The van der Waals surface area contributed by atoms with Crippen molar-refractivity contribution in [3.05, 3.63) is 30.3 Å². The summed E-state index contributed by atoms with van der Waals surface area (Å²) in [6, 6.07) is 9.88. The molecule has 0 unspecified atom stereocenters. The number of ether oxygens (including phenoxy) is 1. The molecule has 1 aromatic carbocycles. The Balaban J connectivity index is 0.000000293. The summed E-state index contributed by atoms with van der Waals surface area (Å²) >= 11 is 1.10. The predicted octanol–water partition coefficient (Wildman–Crippen LogP) is 1.31. The average molecular weight is 256 g/mol. The summed E-state index contributed by atoms with van der Waals surface area (Å²) in [5, 5.41) is 0. The molecule has 86 valence electrons. The standard InChI is InChI=1S/C7H7O.C2H7O4P.Na/c1-8-7-5-3-2-4-6-7;1-2-6-7(3,4)5;/h2-6H,1H2;2H2,1H3,(H2,3,4,5);. The van der Waals surface area contributed by atoms with Crippen LogP contribution in [-0.4, -0.2) is 48.2 Å². The second-order valence-electron chi connectivity index (χ2n) is 2.65. The molecule has 0 amide bonds. The number of phosphoric ester groups is 1. The third-order valence-electron chi connectivity index (χ3n) is 1.35. The predicted molar refractivity (Wildman–Crippen MR) is 61.4 cm³/mol. The van der Waals surface area contributed by atoms with Gasteiger partial charge in [-0.2, -0.15) is 0 Å². The van der Waals surface area contributed by atoms with Crippen LogP contribution < -0.4 is 4.74 Å². The second-order valence-corrected chi connectivity index (χ2v) is 4.47. The summed E-state index contributed by atoms with van der Waals surface area (Å²) in [4.78, 5) is 15.8. The zero-order valence-corrected chi connectivity index (χ0v) is 12.3. The van der Waals surface area contributed by atoms with E-state index in [0.717, 1.165) is 37.5 Å². The van der Waals surface area contributed by atoms with E-state index in [1.165, 1.54) is 6.92 Å². The molecule has 0 aliphatic heterocycles. The van der Waals surface area contributed by atoms with Crippen LogP contribution in [0.5, 0.6) is 5.75 Å². The SMILES string of the molecule is CCOP(=O)(O)O.[Na][CH2]Oc1ccccc1. The van der Waals surface area contributed by atoms with Gasteiger partial charge in [0.15, 0.2) is 0 Å². The van der Waals surface area contributed by atoms with E-state index in [1.807, 2.05) is 30.3 Å². The van der Waals surface area contributed by atoms with Crippen LogP contribution in [0.1, 0.15) is 6.92 Å². The first-order valence-electron chi connectivity index (χ1n) is 4.87. The van der Waals surface area contributed by atoms with Gasteiger partial charge in [-0.15, -0.1) is 0 Å². The molecule has 2 N–H and O–H groups in total. The number of para-hydroxylation sites is 1. The molecule has 0 aromatic heterocycles. The van der Waals surface area contributed by atoms with Crippen molar-refractivity contribution < 1.29 is 23.6 Å². The molecule has 0 atom stereocenters. The van der Waals surface area contributed by atoms with E-state index >= 15 is 0 Å². The molecule has 0 spiro atoms. The van der Waals surface area contributed by atoms with Crippen molar-refractivity contribution in [1.82, 2.24) is 0 Å². The fraction of sp³-hybridized carbons (Fsp3) is 0.333. The molecule has 0 bridgehead atoms. The van der Waals surface area contributed by atoms with Gasteiger partial charge in [0.25, 0.3) is 0 Å². The fourth-order valence-electron chi connectivity index (χ4n) is 0.852. The van der Waals surface area contributed by atoms with Crippen LogP contribution >= 0.6 is 7.82 Å². The zero-order chi connectivity index (χ0) is 12.4. The monoisotopic (exact) mass is 256 g/mol. The molecule has 7 heteroatoms.